The van der Waals surface area contributed by atoms with E-state index in [2.05, 4.69) is 11.2 Å². The van der Waals surface area contributed by atoms with E-state index in [4.69, 9.17) is 10.7 Å². The Labute approximate surface area is 113 Å². The fourth-order valence-corrected chi connectivity index (χ4v) is 2.89. The van der Waals surface area contributed by atoms with E-state index in [9.17, 15) is 0 Å². The predicted octanol–water partition coefficient (Wildman–Crippen LogP) is 3.03. The van der Waals surface area contributed by atoms with E-state index in [1.807, 2.05) is 30.8 Å². The molecule has 1 aliphatic carbocycles. The summed E-state index contributed by atoms with van der Waals surface area (Å²) >= 11 is 0. The standard InChI is InChI=1S/C15H20N4/c1-10-12(8-5-9-13(10)16)15-17-14(18-19(15)2)11-6-3-4-7-11/h5,8-9,11H,3-4,6-7,16H2,1-2H3. The summed E-state index contributed by atoms with van der Waals surface area (Å²) in [6.07, 6.45) is 5.05. The predicted molar refractivity (Wildman–Crippen MR) is 76.8 cm³/mol. The lowest BCUT2D eigenvalue weighted by atomic mass is 10.1. The summed E-state index contributed by atoms with van der Waals surface area (Å²) in [5.41, 5.74) is 8.95. The average Bonchev–Trinajstić information content (AvgIpc) is 3.02. The molecule has 3 rings (SSSR count). The Kier molecular flexibility index (Phi) is 3.01. The molecule has 1 aromatic carbocycles. The molecule has 1 fully saturated rings. The first-order valence-corrected chi connectivity index (χ1v) is 6.93. The highest BCUT2D eigenvalue weighted by Gasteiger charge is 2.23. The van der Waals surface area contributed by atoms with Crippen LogP contribution >= 0.6 is 0 Å². The van der Waals surface area contributed by atoms with Crippen molar-refractivity contribution in [2.75, 3.05) is 5.73 Å². The molecule has 0 unspecified atom stereocenters. The van der Waals surface area contributed by atoms with Crippen molar-refractivity contribution < 1.29 is 0 Å². The Morgan fingerprint density at radius 1 is 1.26 bits per heavy atom. The molecule has 2 N–H and O–H groups in total. The second-order valence-corrected chi connectivity index (χ2v) is 5.42. The van der Waals surface area contributed by atoms with Gasteiger partial charge in [-0.05, 0) is 31.4 Å². The van der Waals surface area contributed by atoms with Gasteiger partial charge in [-0.2, -0.15) is 5.10 Å². The van der Waals surface area contributed by atoms with Crippen LogP contribution in [0.25, 0.3) is 11.4 Å². The minimum atomic E-state index is 0.543. The Balaban J connectivity index is 2.03. The summed E-state index contributed by atoms with van der Waals surface area (Å²) in [5, 5.41) is 4.60. The van der Waals surface area contributed by atoms with Crippen LogP contribution in [0.2, 0.25) is 0 Å². The zero-order valence-electron chi connectivity index (χ0n) is 11.6. The lowest BCUT2D eigenvalue weighted by Gasteiger charge is -2.06. The molecule has 0 radical (unpaired) electrons. The second kappa shape index (κ2) is 4.68. The van der Waals surface area contributed by atoms with E-state index in [1.54, 1.807) is 0 Å². The highest BCUT2D eigenvalue weighted by atomic mass is 15.3. The van der Waals surface area contributed by atoms with Gasteiger partial charge in [0, 0.05) is 24.2 Å². The molecule has 2 aromatic rings. The maximum atomic E-state index is 5.98. The van der Waals surface area contributed by atoms with E-state index in [-0.39, 0.29) is 0 Å². The minimum absolute atomic E-state index is 0.543. The molecule has 0 saturated heterocycles. The van der Waals surface area contributed by atoms with Crippen molar-refractivity contribution in [3.63, 3.8) is 0 Å². The van der Waals surface area contributed by atoms with Crippen molar-refractivity contribution in [1.82, 2.24) is 14.8 Å². The van der Waals surface area contributed by atoms with Crippen LogP contribution in [0.4, 0.5) is 5.69 Å². The van der Waals surface area contributed by atoms with E-state index in [1.165, 1.54) is 25.7 Å². The second-order valence-electron chi connectivity index (χ2n) is 5.42. The number of nitrogen functional groups attached to an aromatic ring is 1. The van der Waals surface area contributed by atoms with Crippen LogP contribution in [-0.4, -0.2) is 14.8 Å². The van der Waals surface area contributed by atoms with Crippen molar-refractivity contribution in [2.24, 2.45) is 7.05 Å². The highest BCUT2D eigenvalue weighted by Crippen LogP contribution is 2.34. The number of aromatic nitrogens is 3. The van der Waals surface area contributed by atoms with Gasteiger partial charge in [0.1, 0.15) is 0 Å². The zero-order chi connectivity index (χ0) is 13.4. The van der Waals surface area contributed by atoms with Crippen LogP contribution < -0.4 is 5.73 Å². The van der Waals surface area contributed by atoms with Gasteiger partial charge >= 0.3 is 0 Å². The molecule has 100 valence electrons. The quantitative estimate of drug-likeness (QED) is 0.840. The lowest BCUT2D eigenvalue weighted by molar-refractivity contribution is 0.648. The van der Waals surface area contributed by atoms with Gasteiger partial charge in [0.05, 0.1) is 0 Å². The third kappa shape index (κ3) is 2.11. The summed E-state index contributed by atoms with van der Waals surface area (Å²) < 4.78 is 1.88. The van der Waals surface area contributed by atoms with Gasteiger partial charge in [-0.1, -0.05) is 25.0 Å². The van der Waals surface area contributed by atoms with Crippen LogP contribution in [0, 0.1) is 6.92 Å². The molecular formula is C15H20N4. The minimum Gasteiger partial charge on any atom is -0.398 e. The number of hydrogen-bond acceptors (Lipinski definition) is 3. The molecule has 0 amide bonds. The van der Waals surface area contributed by atoms with Crippen molar-refractivity contribution in [1.29, 1.82) is 0 Å². The van der Waals surface area contributed by atoms with Crippen molar-refractivity contribution in [2.45, 2.75) is 38.5 Å². The SMILES string of the molecule is Cc1c(N)cccc1-c1nc(C2CCCC2)nn1C. The van der Waals surface area contributed by atoms with E-state index >= 15 is 0 Å². The summed E-state index contributed by atoms with van der Waals surface area (Å²) in [4.78, 5) is 4.76. The van der Waals surface area contributed by atoms with Gasteiger partial charge in [-0.15, -0.1) is 0 Å². The molecule has 0 bridgehead atoms. The number of rotatable bonds is 2. The molecule has 0 atom stereocenters. The molecule has 1 heterocycles. The van der Waals surface area contributed by atoms with Gasteiger partial charge in [-0.25, -0.2) is 9.67 Å². The lowest BCUT2D eigenvalue weighted by Crippen LogP contribution is -1.98. The summed E-state index contributed by atoms with van der Waals surface area (Å²) in [5.74, 6) is 2.46. The van der Waals surface area contributed by atoms with E-state index in [0.29, 0.717) is 5.92 Å². The maximum absolute atomic E-state index is 5.98. The Morgan fingerprint density at radius 2 is 2.00 bits per heavy atom. The largest absolute Gasteiger partial charge is 0.398 e. The maximum Gasteiger partial charge on any atom is 0.158 e. The Bertz CT molecular complexity index is 594. The monoisotopic (exact) mass is 256 g/mol. The molecule has 0 spiro atoms. The van der Waals surface area contributed by atoms with E-state index in [0.717, 1.165) is 28.5 Å². The first kappa shape index (κ1) is 12.2. The molecule has 1 aromatic heterocycles. The smallest absolute Gasteiger partial charge is 0.158 e. The molecule has 19 heavy (non-hydrogen) atoms. The molecule has 1 saturated carbocycles. The fraction of sp³-hybridized carbons (Fsp3) is 0.467. The number of benzene rings is 1. The molecule has 4 heteroatoms. The van der Waals surface area contributed by atoms with E-state index < -0.39 is 0 Å². The normalized spacial score (nSPS) is 16.1. The number of anilines is 1. The van der Waals surface area contributed by atoms with Crippen molar-refractivity contribution in [3.8, 4) is 11.4 Å². The average molecular weight is 256 g/mol. The van der Waals surface area contributed by atoms with Gasteiger partial charge in [0.15, 0.2) is 11.6 Å². The van der Waals surface area contributed by atoms with Gasteiger partial charge < -0.3 is 5.73 Å². The van der Waals surface area contributed by atoms with Crippen molar-refractivity contribution in [3.05, 3.63) is 29.6 Å². The summed E-state index contributed by atoms with van der Waals surface area (Å²) in [6, 6.07) is 5.96. The molecule has 1 aliphatic rings. The summed E-state index contributed by atoms with van der Waals surface area (Å²) in [6.45, 7) is 2.04. The van der Waals surface area contributed by atoms with Gasteiger partial charge in [0.25, 0.3) is 0 Å². The van der Waals surface area contributed by atoms with Crippen LogP contribution in [0.1, 0.15) is 43.0 Å². The van der Waals surface area contributed by atoms with Gasteiger partial charge in [0.2, 0.25) is 0 Å². The number of hydrogen-bond donors (Lipinski definition) is 1. The number of aryl methyl sites for hydroxylation is 1. The third-order valence-corrected chi connectivity index (χ3v) is 4.12. The zero-order valence-corrected chi connectivity index (χ0v) is 11.6. The summed E-state index contributed by atoms with van der Waals surface area (Å²) in [7, 11) is 1.96. The van der Waals surface area contributed by atoms with Crippen LogP contribution in [0.3, 0.4) is 0 Å². The van der Waals surface area contributed by atoms with Crippen LogP contribution in [0.5, 0.6) is 0 Å². The number of nitrogens with two attached hydrogens (primary N) is 1. The van der Waals surface area contributed by atoms with Crippen LogP contribution in [0.15, 0.2) is 18.2 Å². The molecule has 4 nitrogen and oxygen atoms in total. The first-order chi connectivity index (χ1) is 9.16. The highest BCUT2D eigenvalue weighted by molar-refractivity contribution is 5.68. The van der Waals surface area contributed by atoms with Crippen LogP contribution in [-0.2, 0) is 7.05 Å². The Hall–Kier alpha value is -1.84. The number of nitrogens with zero attached hydrogens (tertiary/aromatic N) is 3. The first-order valence-electron chi connectivity index (χ1n) is 6.93. The molecule has 0 aliphatic heterocycles. The fourth-order valence-electron chi connectivity index (χ4n) is 2.89. The topological polar surface area (TPSA) is 56.7 Å². The third-order valence-electron chi connectivity index (χ3n) is 4.12. The van der Waals surface area contributed by atoms with Crippen molar-refractivity contribution >= 4 is 5.69 Å². The Morgan fingerprint density at radius 3 is 2.74 bits per heavy atom. The molecular weight excluding hydrogens is 236 g/mol. The van der Waals surface area contributed by atoms with Gasteiger partial charge in [-0.3, -0.25) is 0 Å².